The number of halogens is 2. The highest BCUT2D eigenvalue weighted by Gasteiger charge is 2.48. The number of alkyl halides is 2. The Morgan fingerprint density at radius 3 is 2.05 bits per heavy atom. The second kappa shape index (κ2) is 7.95. The Balaban J connectivity index is 2.94. The van der Waals surface area contributed by atoms with Gasteiger partial charge in [0, 0.05) is 20.8 Å². The van der Waals surface area contributed by atoms with Crippen LogP contribution < -0.4 is 0 Å². The van der Waals surface area contributed by atoms with Gasteiger partial charge in [0.2, 0.25) is 0 Å². The first-order valence-corrected chi connectivity index (χ1v) is 7.49. The van der Waals surface area contributed by atoms with E-state index in [1.165, 1.54) is 20.8 Å². The van der Waals surface area contributed by atoms with E-state index in [-0.39, 0.29) is 6.61 Å². The quantitative estimate of drug-likeness (QED) is 0.406. The van der Waals surface area contributed by atoms with Crippen molar-refractivity contribution >= 4 is 45.4 Å². The summed E-state index contributed by atoms with van der Waals surface area (Å²) in [5, 5.41) is 0. The minimum atomic E-state index is -0.940. The van der Waals surface area contributed by atoms with E-state index in [0.29, 0.717) is 0 Å². The Bertz CT molecular complexity index is 416. The zero-order valence-electron chi connectivity index (χ0n) is 11.7. The Kier molecular flexibility index (Phi) is 6.89. The largest absolute Gasteiger partial charge is 0.463 e. The normalized spacial score (nSPS) is 32.1. The van der Waals surface area contributed by atoms with E-state index >= 15 is 0 Å². The van der Waals surface area contributed by atoms with Crippen LogP contribution in [0.15, 0.2) is 0 Å². The summed E-state index contributed by atoms with van der Waals surface area (Å²) in [6, 6.07) is 0. The predicted molar refractivity (Wildman–Crippen MR) is 75.0 cm³/mol. The molecule has 7 nitrogen and oxygen atoms in total. The van der Waals surface area contributed by atoms with Crippen molar-refractivity contribution in [3.05, 3.63) is 0 Å². The van der Waals surface area contributed by atoms with Crippen LogP contribution in [0, 0.1) is 0 Å². The lowest BCUT2D eigenvalue weighted by atomic mass is 10.0. The summed E-state index contributed by atoms with van der Waals surface area (Å²) in [6.45, 7) is 3.50. The molecule has 21 heavy (non-hydrogen) atoms. The average molecular weight is 388 g/mol. The topological polar surface area (TPSA) is 88.1 Å². The second-order valence-corrected chi connectivity index (χ2v) is 5.91. The van der Waals surface area contributed by atoms with E-state index < -0.39 is 46.6 Å². The number of hydrogen-bond acceptors (Lipinski definition) is 7. The Labute approximate surface area is 135 Å². The van der Waals surface area contributed by atoms with Crippen LogP contribution in [-0.2, 0) is 33.3 Å². The smallest absolute Gasteiger partial charge is 0.303 e. The molecular formula is C12H16BrClO7. The summed E-state index contributed by atoms with van der Waals surface area (Å²) in [4.78, 5) is 32.8. The second-order valence-electron chi connectivity index (χ2n) is 4.42. The van der Waals surface area contributed by atoms with Gasteiger partial charge in [0.15, 0.2) is 12.2 Å². The zero-order chi connectivity index (χ0) is 16.2. The fraction of sp³-hybridized carbons (Fsp3) is 0.750. The van der Waals surface area contributed by atoms with Crippen molar-refractivity contribution in [3.63, 3.8) is 0 Å². The molecule has 0 unspecified atom stereocenters. The molecule has 0 N–H and O–H groups in total. The first-order valence-electron chi connectivity index (χ1n) is 6.13. The molecule has 1 saturated heterocycles. The van der Waals surface area contributed by atoms with Gasteiger partial charge >= 0.3 is 17.9 Å². The van der Waals surface area contributed by atoms with Gasteiger partial charge in [-0.15, -0.1) is 0 Å². The van der Waals surface area contributed by atoms with Gasteiger partial charge in [-0.25, -0.2) is 0 Å². The highest BCUT2D eigenvalue weighted by Crippen LogP contribution is 2.32. The van der Waals surface area contributed by atoms with Gasteiger partial charge in [0.25, 0.3) is 0 Å². The van der Waals surface area contributed by atoms with Crippen LogP contribution in [0.25, 0.3) is 0 Å². The van der Waals surface area contributed by atoms with E-state index in [0.717, 1.165) is 0 Å². The van der Waals surface area contributed by atoms with Crippen LogP contribution in [0.4, 0.5) is 0 Å². The highest BCUT2D eigenvalue weighted by atomic mass is 79.9. The Morgan fingerprint density at radius 2 is 1.57 bits per heavy atom. The zero-order valence-corrected chi connectivity index (χ0v) is 14.0. The molecule has 5 atom stereocenters. The summed E-state index contributed by atoms with van der Waals surface area (Å²) in [7, 11) is 0. The fourth-order valence-corrected chi connectivity index (χ4v) is 2.66. The summed E-state index contributed by atoms with van der Waals surface area (Å²) in [6.07, 6.45) is -2.63. The molecule has 0 spiro atoms. The van der Waals surface area contributed by atoms with E-state index in [2.05, 4.69) is 15.9 Å². The molecule has 0 aliphatic carbocycles. The maximum absolute atomic E-state index is 11.2. The minimum Gasteiger partial charge on any atom is -0.463 e. The van der Waals surface area contributed by atoms with Crippen LogP contribution in [0.5, 0.6) is 0 Å². The van der Waals surface area contributed by atoms with Crippen molar-refractivity contribution in [2.24, 2.45) is 0 Å². The molecule has 120 valence electrons. The third-order valence-corrected chi connectivity index (χ3v) is 4.29. The van der Waals surface area contributed by atoms with Gasteiger partial charge in [0.1, 0.15) is 18.3 Å². The molecule has 0 radical (unpaired) electrons. The van der Waals surface area contributed by atoms with Crippen molar-refractivity contribution in [3.8, 4) is 0 Å². The van der Waals surface area contributed by atoms with E-state index in [9.17, 15) is 14.4 Å². The van der Waals surface area contributed by atoms with Crippen LogP contribution >= 0.6 is 27.5 Å². The summed E-state index contributed by atoms with van der Waals surface area (Å²) >= 11 is 9.27. The van der Waals surface area contributed by atoms with Crippen LogP contribution in [-0.4, -0.2) is 53.2 Å². The predicted octanol–water partition coefficient (Wildman–Crippen LogP) is 1.14. The van der Waals surface area contributed by atoms with Gasteiger partial charge in [-0.05, 0) is 0 Å². The molecule has 1 aliphatic heterocycles. The lowest BCUT2D eigenvalue weighted by Gasteiger charge is -2.41. The standard InChI is InChI=1S/C12H16BrClO7/c1-5(15)18-4-8-10(19-6(2)16)11(20-7(3)17)9(13)12(14)21-8/h8-12H,4H2,1-3H3/t8-,9+,10-,11-,12+/m1/s1. The molecular weight excluding hydrogens is 371 g/mol. The van der Waals surface area contributed by atoms with Crippen LogP contribution in [0.1, 0.15) is 20.8 Å². The lowest BCUT2D eigenvalue weighted by Crippen LogP contribution is -2.58. The van der Waals surface area contributed by atoms with Gasteiger partial charge in [0.05, 0.1) is 4.83 Å². The molecule has 1 fully saturated rings. The Morgan fingerprint density at radius 1 is 1.05 bits per heavy atom. The number of carbonyl (C=O) groups excluding carboxylic acids is 3. The van der Waals surface area contributed by atoms with E-state index in [1.54, 1.807) is 0 Å². The maximum Gasteiger partial charge on any atom is 0.303 e. The summed E-state index contributed by atoms with van der Waals surface area (Å²) in [5.41, 5.74) is -0.846. The van der Waals surface area contributed by atoms with Crippen molar-refractivity contribution in [2.45, 2.75) is 49.5 Å². The highest BCUT2D eigenvalue weighted by molar-refractivity contribution is 9.09. The monoisotopic (exact) mass is 386 g/mol. The van der Waals surface area contributed by atoms with Crippen molar-refractivity contribution < 1.29 is 33.3 Å². The molecule has 0 aromatic carbocycles. The lowest BCUT2D eigenvalue weighted by molar-refractivity contribution is -0.203. The third kappa shape index (κ3) is 5.44. The molecule has 0 aromatic rings. The fourth-order valence-electron chi connectivity index (χ4n) is 1.85. The molecule has 1 heterocycles. The molecule has 9 heteroatoms. The summed E-state index contributed by atoms with van der Waals surface area (Å²) < 4.78 is 20.6. The van der Waals surface area contributed by atoms with E-state index in [4.69, 9.17) is 30.5 Å². The van der Waals surface area contributed by atoms with Gasteiger partial charge in [-0.3, -0.25) is 14.4 Å². The molecule has 0 bridgehead atoms. The number of esters is 3. The first-order chi connectivity index (χ1) is 9.72. The van der Waals surface area contributed by atoms with Gasteiger partial charge in [-0.2, -0.15) is 0 Å². The van der Waals surface area contributed by atoms with Gasteiger partial charge in [-0.1, -0.05) is 27.5 Å². The third-order valence-electron chi connectivity index (χ3n) is 2.61. The van der Waals surface area contributed by atoms with Crippen LogP contribution in [0.2, 0.25) is 0 Å². The van der Waals surface area contributed by atoms with Crippen molar-refractivity contribution in [1.82, 2.24) is 0 Å². The summed E-state index contributed by atoms with van der Waals surface area (Å²) in [5.74, 6) is -1.66. The minimum absolute atomic E-state index is 0.173. The molecule has 0 saturated carbocycles. The molecule has 1 aliphatic rings. The molecule has 0 aromatic heterocycles. The maximum atomic E-state index is 11.2. The molecule has 1 rings (SSSR count). The van der Waals surface area contributed by atoms with Crippen LogP contribution in [0.3, 0.4) is 0 Å². The number of rotatable bonds is 4. The van der Waals surface area contributed by atoms with Crippen molar-refractivity contribution in [2.75, 3.05) is 6.61 Å². The Hall–Kier alpha value is -0.860. The molecule has 0 amide bonds. The average Bonchev–Trinajstić information content (AvgIpc) is 2.35. The van der Waals surface area contributed by atoms with E-state index in [1.807, 2.05) is 0 Å². The first kappa shape index (κ1) is 18.2. The van der Waals surface area contributed by atoms with Gasteiger partial charge < -0.3 is 18.9 Å². The number of carbonyl (C=O) groups is 3. The SMILES string of the molecule is CC(=O)OC[C@H]1O[C@H](Cl)[C@@H](Br)[C@@H](OC(C)=O)[C@@H]1OC(C)=O. The van der Waals surface area contributed by atoms with Crippen molar-refractivity contribution in [1.29, 1.82) is 0 Å². The number of hydrogen-bond donors (Lipinski definition) is 0. The number of ether oxygens (including phenoxy) is 4.